The zero-order chi connectivity index (χ0) is 23.4. The van der Waals surface area contributed by atoms with E-state index < -0.39 is 30.7 Å². The van der Waals surface area contributed by atoms with E-state index in [1.165, 1.54) is 24.5 Å². The van der Waals surface area contributed by atoms with Crippen LogP contribution in [0.25, 0.3) is 11.1 Å². The summed E-state index contributed by atoms with van der Waals surface area (Å²) in [7, 11) is 0. The van der Waals surface area contributed by atoms with Gasteiger partial charge in [-0.2, -0.15) is 13.9 Å². The Balaban J connectivity index is 1.34. The number of benzene rings is 2. The predicted molar refractivity (Wildman–Crippen MR) is 114 cm³/mol. The molecule has 0 saturated carbocycles. The van der Waals surface area contributed by atoms with Crippen LogP contribution in [0.4, 0.5) is 18.0 Å². The number of β-amino-alcohol motifs (C(OH)–C–C–N with tert-alkyl or cyclic N) is 1. The summed E-state index contributed by atoms with van der Waals surface area (Å²) in [4.78, 5) is 12.2. The fourth-order valence-corrected chi connectivity index (χ4v) is 3.79. The highest BCUT2D eigenvalue weighted by Crippen LogP contribution is 2.23. The largest absolute Gasteiger partial charge is 0.442 e. The van der Waals surface area contributed by atoms with Gasteiger partial charge in [0.15, 0.2) is 0 Å². The number of alkyl carbamates (subject to hydrolysis) is 1. The standard InChI is InChI=1S/C23H23F3N4O3/c24-18-3-1-2-15(8-18)10-28-23(32)33-21-19(27-12-20(21)31)9-14-4-6-16(7-5-14)17-11-29-30(13-17)22(25)26/h1-8,11,13,19-22,27,31H,9-10,12H2,(H,28,32)/t19-,20+,21+/m1/s1. The lowest BCUT2D eigenvalue weighted by Gasteiger charge is -2.22. The molecule has 2 heterocycles. The average molecular weight is 460 g/mol. The molecule has 0 radical (unpaired) electrons. The van der Waals surface area contributed by atoms with Crippen LogP contribution in [-0.4, -0.2) is 45.8 Å². The van der Waals surface area contributed by atoms with Gasteiger partial charge in [0, 0.05) is 24.8 Å². The molecular weight excluding hydrogens is 437 g/mol. The van der Waals surface area contributed by atoms with E-state index in [4.69, 9.17) is 4.74 Å². The van der Waals surface area contributed by atoms with Crippen molar-refractivity contribution in [2.45, 2.75) is 37.8 Å². The summed E-state index contributed by atoms with van der Waals surface area (Å²) in [6, 6.07) is 12.9. The van der Waals surface area contributed by atoms with Gasteiger partial charge in [0.1, 0.15) is 18.0 Å². The second-order valence-electron chi connectivity index (χ2n) is 7.82. The number of alkyl halides is 2. The van der Waals surface area contributed by atoms with Crippen LogP contribution in [0, 0.1) is 5.82 Å². The van der Waals surface area contributed by atoms with E-state index in [9.17, 15) is 23.1 Å². The van der Waals surface area contributed by atoms with Crippen molar-refractivity contribution < 1.29 is 27.8 Å². The number of aliphatic hydroxyl groups excluding tert-OH is 1. The minimum absolute atomic E-state index is 0.0983. The number of carbonyl (C=O) groups excluding carboxylic acids is 1. The van der Waals surface area contributed by atoms with Gasteiger partial charge in [-0.05, 0) is 35.2 Å². The van der Waals surface area contributed by atoms with E-state index in [0.717, 1.165) is 11.1 Å². The number of ether oxygens (including phenoxy) is 1. The third-order valence-electron chi connectivity index (χ3n) is 5.48. The second kappa shape index (κ2) is 10.1. The third-order valence-corrected chi connectivity index (χ3v) is 5.48. The minimum atomic E-state index is -2.69. The first-order valence-electron chi connectivity index (χ1n) is 10.4. The number of aliphatic hydroxyl groups is 1. The van der Waals surface area contributed by atoms with Crippen molar-refractivity contribution in [2.24, 2.45) is 0 Å². The maximum absolute atomic E-state index is 13.3. The number of hydrogen-bond acceptors (Lipinski definition) is 5. The normalized spacial score (nSPS) is 20.2. The van der Waals surface area contributed by atoms with Crippen LogP contribution in [-0.2, 0) is 17.7 Å². The smallest absolute Gasteiger partial charge is 0.407 e. The van der Waals surface area contributed by atoms with Gasteiger partial charge in [-0.3, -0.25) is 0 Å². The van der Waals surface area contributed by atoms with Crippen molar-refractivity contribution in [3.63, 3.8) is 0 Å². The fraction of sp³-hybridized carbons (Fsp3) is 0.304. The molecule has 1 aliphatic rings. The number of nitrogens with zero attached hydrogens (tertiary/aromatic N) is 2. The van der Waals surface area contributed by atoms with Crippen LogP contribution in [0.15, 0.2) is 60.9 Å². The Morgan fingerprint density at radius 1 is 1.21 bits per heavy atom. The average Bonchev–Trinajstić information content (AvgIpc) is 3.42. The Bertz CT molecular complexity index is 1090. The van der Waals surface area contributed by atoms with Crippen LogP contribution < -0.4 is 10.6 Å². The summed E-state index contributed by atoms with van der Waals surface area (Å²) in [5.74, 6) is -0.396. The number of rotatable bonds is 7. The summed E-state index contributed by atoms with van der Waals surface area (Å²) < 4.78 is 44.7. The molecule has 2 aromatic carbocycles. The molecule has 0 unspecified atom stereocenters. The molecule has 4 rings (SSSR count). The molecule has 174 valence electrons. The summed E-state index contributed by atoms with van der Waals surface area (Å²) in [5.41, 5.74) is 2.83. The number of carbonyl (C=O) groups is 1. The first kappa shape index (κ1) is 22.8. The van der Waals surface area contributed by atoms with Crippen LogP contribution in [0.2, 0.25) is 0 Å². The maximum atomic E-state index is 13.3. The highest BCUT2D eigenvalue weighted by atomic mass is 19.3. The molecule has 1 fully saturated rings. The Hall–Kier alpha value is -3.37. The molecule has 0 aliphatic carbocycles. The van der Waals surface area contributed by atoms with Gasteiger partial charge in [-0.25, -0.2) is 13.9 Å². The van der Waals surface area contributed by atoms with Crippen LogP contribution in [0.3, 0.4) is 0 Å². The van der Waals surface area contributed by atoms with Gasteiger partial charge in [0.05, 0.1) is 12.2 Å². The monoisotopic (exact) mass is 460 g/mol. The predicted octanol–water partition coefficient (Wildman–Crippen LogP) is 3.25. The van der Waals surface area contributed by atoms with E-state index in [1.807, 2.05) is 12.1 Å². The number of hydrogen-bond donors (Lipinski definition) is 3. The first-order valence-corrected chi connectivity index (χ1v) is 10.4. The molecule has 7 nitrogen and oxygen atoms in total. The molecule has 3 atom stereocenters. The lowest BCUT2D eigenvalue weighted by molar-refractivity contribution is 0.0188. The van der Waals surface area contributed by atoms with E-state index in [-0.39, 0.29) is 19.1 Å². The molecule has 1 aliphatic heterocycles. The summed E-state index contributed by atoms with van der Waals surface area (Å²) in [6.45, 7) is -2.32. The zero-order valence-corrected chi connectivity index (χ0v) is 17.5. The van der Waals surface area contributed by atoms with Crippen LogP contribution in [0.5, 0.6) is 0 Å². The highest BCUT2D eigenvalue weighted by molar-refractivity contribution is 5.67. The van der Waals surface area contributed by atoms with Crippen molar-refractivity contribution in [3.8, 4) is 11.1 Å². The number of halogens is 3. The summed E-state index contributed by atoms with van der Waals surface area (Å²) in [5, 5.41) is 19.6. The summed E-state index contributed by atoms with van der Waals surface area (Å²) in [6.07, 6.45) is 0.804. The van der Waals surface area contributed by atoms with Gasteiger partial charge in [0.2, 0.25) is 0 Å². The zero-order valence-electron chi connectivity index (χ0n) is 17.5. The van der Waals surface area contributed by atoms with Gasteiger partial charge in [0.25, 0.3) is 0 Å². The lowest BCUT2D eigenvalue weighted by Crippen LogP contribution is -2.41. The Morgan fingerprint density at radius 2 is 2.00 bits per heavy atom. The molecule has 10 heteroatoms. The number of amides is 1. The Kier molecular flexibility index (Phi) is 6.95. The van der Waals surface area contributed by atoms with E-state index in [1.54, 1.807) is 24.3 Å². The van der Waals surface area contributed by atoms with E-state index >= 15 is 0 Å². The Morgan fingerprint density at radius 3 is 2.70 bits per heavy atom. The van der Waals surface area contributed by atoms with Gasteiger partial charge < -0.3 is 20.5 Å². The number of aromatic nitrogens is 2. The lowest BCUT2D eigenvalue weighted by atomic mass is 9.99. The SMILES string of the molecule is O=C(NCc1cccc(F)c1)O[C@@H]1[C@@H](O)CN[C@@H]1Cc1ccc(-c2cnn(C(F)F)c2)cc1. The topological polar surface area (TPSA) is 88.4 Å². The van der Waals surface area contributed by atoms with Crippen molar-refractivity contribution in [3.05, 3.63) is 77.9 Å². The van der Waals surface area contributed by atoms with Crippen LogP contribution >= 0.6 is 0 Å². The molecule has 1 aromatic heterocycles. The van der Waals surface area contributed by atoms with Gasteiger partial charge in [-0.1, -0.05) is 36.4 Å². The van der Waals surface area contributed by atoms with Crippen LogP contribution in [0.1, 0.15) is 17.7 Å². The molecule has 3 N–H and O–H groups in total. The molecule has 0 spiro atoms. The maximum Gasteiger partial charge on any atom is 0.407 e. The molecule has 33 heavy (non-hydrogen) atoms. The van der Waals surface area contributed by atoms with Crippen molar-refractivity contribution in [2.75, 3.05) is 6.54 Å². The quantitative estimate of drug-likeness (QED) is 0.504. The molecule has 3 aromatic rings. The van der Waals surface area contributed by atoms with E-state index in [0.29, 0.717) is 22.2 Å². The van der Waals surface area contributed by atoms with E-state index in [2.05, 4.69) is 15.7 Å². The van der Waals surface area contributed by atoms with Gasteiger partial charge >= 0.3 is 12.6 Å². The number of nitrogens with one attached hydrogen (secondary N) is 2. The van der Waals surface area contributed by atoms with Crippen molar-refractivity contribution in [1.82, 2.24) is 20.4 Å². The Labute approximate surface area is 188 Å². The van der Waals surface area contributed by atoms with Crippen molar-refractivity contribution >= 4 is 6.09 Å². The fourth-order valence-electron chi connectivity index (χ4n) is 3.79. The highest BCUT2D eigenvalue weighted by Gasteiger charge is 2.37. The molecular formula is C23H23F3N4O3. The molecule has 1 amide bonds. The van der Waals surface area contributed by atoms with Gasteiger partial charge in [-0.15, -0.1) is 0 Å². The second-order valence-corrected chi connectivity index (χ2v) is 7.82. The van der Waals surface area contributed by atoms with Crippen molar-refractivity contribution in [1.29, 1.82) is 0 Å². The first-order chi connectivity index (χ1) is 15.9. The minimum Gasteiger partial charge on any atom is -0.442 e. The summed E-state index contributed by atoms with van der Waals surface area (Å²) >= 11 is 0. The molecule has 0 bridgehead atoms. The third kappa shape index (κ3) is 5.71. The molecule has 1 saturated heterocycles.